The van der Waals surface area contributed by atoms with Gasteiger partial charge in [0, 0.05) is 18.4 Å². The van der Waals surface area contributed by atoms with Gasteiger partial charge in [0.1, 0.15) is 0 Å². The lowest BCUT2D eigenvalue weighted by Crippen LogP contribution is -2.55. The summed E-state index contributed by atoms with van der Waals surface area (Å²) in [5, 5.41) is 7.09. The van der Waals surface area contributed by atoms with Crippen LogP contribution in [0, 0.1) is 12.8 Å². The lowest BCUT2D eigenvalue weighted by Gasteiger charge is -2.33. The third-order valence-electron chi connectivity index (χ3n) is 3.73. The molecule has 0 saturated heterocycles. The van der Waals surface area contributed by atoms with E-state index in [0.717, 1.165) is 5.69 Å². The molecule has 2 aromatic heterocycles. The monoisotopic (exact) mass is 348 g/mol. The molecule has 124 valence electrons. The minimum atomic E-state index is -0.489. The van der Waals surface area contributed by atoms with E-state index in [9.17, 15) is 4.79 Å². The summed E-state index contributed by atoms with van der Waals surface area (Å²) in [5.74, 6) is 0.381. The van der Waals surface area contributed by atoms with Gasteiger partial charge in [-0.25, -0.2) is 9.50 Å². The first-order valence-corrected chi connectivity index (χ1v) is 6.58. The minimum Gasteiger partial charge on any atom is -0.343 e. The second-order valence-corrected chi connectivity index (χ2v) is 5.46. The van der Waals surface area contributed by atoms with Crippen molar-refractivity contribution < 1.29 is 4.79 Å². The van der Waals surface area contributed by atoms with Crippen molar-refractivity contribution >= 4 is 36.5 Å². The van der Waals surface area contributed by atoms with Gasteiger partial charge in [-0.05, 0) is 25.8 Å². The summed E-state index contributed by atoms with van der Waals surface area (Å²) in [6.07, 6.45) is 1.64. The van der Waals surface area contributed by atoms with Crippen LogP contribution in [-0.4, -0.2) is 37.6 Å². The molecule has 0 radical (unpaired) electrons. The lowest BCUT2D eigenvalue weighted by atomic mass is 9.88. The number of amides is 1. The van der Waals surface area contributed by atoms with E-state index >= 15 is 0 Å². The topological polar surface area (TPSA) is 98.2 Å². The Labute approximate surface area is 141 Å². The van der Waals surface area contributed by atoms with Gasteiger partial charge in [-0.3, -0.25) is 4.79 Å². The lowest BCUT2D eigenvalue weighted by molar-refractivity contribution is 0.0872. The van der Waals surface area contributed by atoms with Crippen LogP contribution in [-0.2, 0) is 0 Å². The number of carbonyl (C=O) groups excluding carboxylic acids is 1. The summed E-state index contributed by atoms with van der Waals surface area (Å²) in [6, 6.07) is 1.81. The zero-order valence-electron chi connectivity index (χ0n) is 13.0. The Bertz CT molecular complexity index is 644. The number of rotatable bonds is 4. The van der Waals surface area contributed by atoms with Crippen molar-refractivity contribution in [3.63, 3.8) is 0 Å². The van der Waals surface area contributed by atoms with Gasteiger partial charge in [0.05, 0.1) is 5.54 Å². The number of fused-ring (bicyclic) bond motifs is 1. The number of nitrogens with zero attached hydrogens (tertiary/aromatic N) is 4. The van der Waals surface area contributed by atoms with Crippen LogP contribution in [0.1, 0.15) is 37.1 Å². The van der Waals surface area contributed by atoms with Crippen LogP contribution in [0.4, 0.5) is 0 Å². The maximum Gasteiger partial charge on any atom is 0.291 e. The second-order valence-electron chi connectivity index (χ2n) is 5.46. The average Bonchev–Trinajstić information content (AvgIpc) is 2.84. The number of hydrogen-bond donors (Lipinski definition) is 2. The zero-order chi connectivity index (χ0) is 14.9. The summed E-state index contributed by atoms with van der Waals surface area (Å²) >= 11 is 0. The van der Waals surface area contributed by atoms with E-state index in [-0.39, 0.29) is 42.5 Å². The molecular formula is C13H22Cl2N6O. The molecule has 0 spiro atoms. The van der Waals surface area contributed by atoms with Crippen LogP contribution < -0.4 is 11.1 Å². The number of hydrogen-bond acceptors (Lipinski definition) is 5. The van der Waals surface area contributed by atoms with E-state index in [1.165, 1.54) is 0 Å². The molecule has 2 aromatic rings. The molecule has 2 rings (SSSR count). The predicted molar refractivity (Wildman–Crippen MR) is 89.8 cm³/mol. The van der Waals surface area contributed by atoms with Crippen molar-refractivity contribution in [2.24, 2.45) is 11.7 Å². The van der Waals surface area contributed by atoms with E-state index in [4.69, 9.17) is 5.73 Å². The summed E-state index contributed by atoms with van der Waals surface area (Å²) in [6.45, 7) is 8.16. The third-order valence-corrected chi connectivity index (χ3v) is 3.73. The second kappa shape index (κ2) is 7.71. The Balaban J connectivity index is 0.00000220. The molecule has 0 aliphatic carbocycles. The van der Waals surface area contributed by atoms with Gasteiger partial charge in [0.25, 0.3) is 11.7 Å². The van der Waals surface area contributed by atoms with Crippen molar-refractivity contribution in [1.82, 2.24) is 24.9 Å². The maximum atomic E-state index is 12.3. The van der Waals surface area contributed by atoms with Crippen molar-refractivity contribution in [1.29, 1.82) is 0 Å². The van der Waals surface area contributed by atoms with E-state index in [2.05, 4.69) is 20.4 Å². The molecule has 0 saturated carbocycles. The van der Waals surface area contributed by atoms with Crippen LogP contribution >= 0.6 is 24.8 Å². The fraction of sp³-hybridized carbons (Fsp3) is 0.538. The van der Waals surface area contributed by atoms with Gasteiger partial charge in [-0.2, -0.15) is 4.98 Å². The van der Waals surface area contributed by atoms with Gasteiger partial charge in [0.15, 0.2) is 0 Å². The number of nitrogens with two attached hydrogens (primary N) is 1. The zero-order valence-corrected chi connectivity index (χ0v) is 14.7. The molecule has 0 aliphatic rings. The van der Waals surface area contributed by atoms with Crippen LogP contribution in [0.5, 0.6) is 0 Å². The Morgan fingerprint density at radius 3 is 2.59 bits per heavy atom. The Morgan fingerprint density at radius 2 is 2.09 bits per heavy atom. The SMILES string of the molecule is Cc1ccnc2nc(C(=O)NC(C)(CN)C(C)C)nn12.Cl.Cl. The molecule has 0 aliphatic heterocycles. The first-order chi connectivity index (χ1) is 9.37. The van der Waals surface area contributed by atoms with Crippen LogP contribution in [0.15, 0.2) is 12.3 Å². The molecule has 0 fully saturated rings. The van der Waals surface area contributed by atoms with E-state index < -0.39 is 5.54 Å². The highest BCUT2D eigenvalue weighted by Crippen LogP contribution is 2.15. The van der Waals surface area contributed by atoms with Gasteiger partial charge in [-0.1, -0.05) is 13.8 Å². The van der Waals surface area contributed by atoms with Crippen molar-refractivity contribution in [2.75, 3.05) is 6.54 Å². The summed E-state index contributed by atoms with van der Waals surface area (Å²) in [7, 11) is 0. The highest BCUT2D eigenvalue weighted by atomic mass is 35.5. The smallest absolute Gasteiger partial charge is 0.291 e. The van der Waals surface area contributed by atoms with Crippen molar-refractivity contribution in [2.45, 2.75) is 33.2 Å². The molecule has 1 atom stereocenters. The molecule has 0 bridgehead atoms. The maximum absolute atomic E-state index is 12.3. The first-order valence-electron chi connectivity index (χ1n) is 6.58. The van der Waals surface area contributed by atoms with Gasteiger partial charge >= 0.3 is 0 Å². The van der Waals surface area contributed by atoms with Crippen LogP contribution in [0.3, 0.4) is 0 Å². The molecular weight excluding hydrogens is 327 g/mol. The fourth-order valence-corrected chi connectivity index (χ4v) is 1.75. The number of aromatic nitrogens is 4. The van der Waals surface area contributed by atoms with Gasteiger partial charge in [-0.15, -0.1) is 29.9 Å². The average molecular weight is 349 g/mol. The minimum absolute atomic E-state index is 0. The molecule has 1 unspecified atom stereocenters. The molecule has 0 aromatic carbocycles. The number of carbonyl (C=O) groups is 1. The van der Waals surface area contributed by atoms with E-state index in [1.54, 1.807) is 10.7 Å². The highest BCUT2D eigenvalue weighted by Gasteiger charge is 2.30. The number of halogens is 2. The van der Waals surface area contributed by atoms with Crippen molar-refractivity contribution in [3.8, 4) is 0 Å². The van der Waals surface area contributed by atoms with E-state index in [1.807, 2.05) is 33.8 Å². The Kier molecular flexibility index (Phi) is 7.21. The first kappa shape index (κ1) is 20.6. The molecule has 3 N–H and O–H groups in total. The summed E-state index contributed by atoms with van der Waals surface area (Å²) < 4.78 is 1.55. The molecule has 22 heavy (non-hydrogen) atoms. The number of nitrogens with one attached hydrogen (secondary N) is 1. The standard InChI is InChI=1S/C13H20N6O.2ClH/c1-8(2)13(4,7-14)17-11(20)10-16-12-15-6-5-9(3)19(12)18-10;;/h5-6,8H,7,14H2,1-4H3,(H,17,20);2*1H. The van der Waals surface area contributed by atoms with Gasteiger partial charge in [0.2, 0.25) is 5.82 Å². The fourth-order valence-electron chi connectivity index (χ4n) is 1.75. The van der Waals surface area contributed by atoms with E-state index in [0.29, 0.717) is 12.3 Å². The highest BCUT2D eigenvalue weighted by molar-refractivity contribution is 5.91. The summed E-state index contributed by atoms with van der Waals surface area (Å²) in [4.78, 5) is 20.5. The molecule has 2 heterocycles. The van der Waals surface area contributed by atoms with Gasteiger partial charge < -0.3 is 11.1 Å². The molecule has 1 amide bonds. The summed E-state index contributed by atoms with van der Waals surface area (Å²) in [5.41, 5.74) is 6.14. The van der Waals surface area contributed by atoms with Crippen LogP contribution in [0.2, 0.25) is 0 Å². The molecule has 9 heteroatoms. The third kappa shape index (κ3) is 3.85. The number of aryl methyl sites for hydroxylation is 1. The Hall–Kier alpha value is -1.44. The Morgan fingerprint density at radius 1 is 1.45 bits per heavy atom. The predicted octanol–water partition coefficient (Wildman–Crippen LogP) is 1.38. The quantitative estimate of drug-likeness (QED) is 0.869. The normalized spacial score (nSPS) is 13.2. The largest absolute Gasteiger partial charge is 0.343 e. The molecule has 7 nitrogen and oxygen atoms in total. The van der Waals surface area contributed by atoms with Crippen molar-refractivity contribution in [3.05, 3.63) is 23.8 Å². The van der Waals surface area contributed by atoms with Crippen LogP contribution in [0.25, 0.3) is 5.78 Å².